The average molecular weight is 476 g/mol. The van der Waals surface area contributed by atoms with Crippen LogP contribution in [0.2, 0.25) is 18.1 Å². The van der Waals surface area contributed by atoms with E-state index < -0.39 is 0 Å². The third-order valence-corrected chi connectivity index (χ3v) is 11.8. The van der Waals surface area contributed by atoms with Crippen LogP contribution in [-0.4, -0.2) is 22.5 Å². The Balaban J connectivity index is 1.22. The molecule has 1 aliphatic heterocycles. The first-order valence-electron chi connectivity index (χ1n) is 14.3. The second kappa shape index (κ2) is 13.6. The highest BCUT2D eigenvalue weighted by Crippen LogP contribution is 2.43. The predicted molar refractivity (Wildman–Crippen MR) is 149 cm³/mol. The lowest BCUT2D eigenvalue weighted by atomic mass is 9.72. The SMILES string of the molecule is CCCCC[Si]1CCC(C2CCC(c3ccc(-c4ccc(CCCOC)cc4)cc3)CC2)CC1. The Kier molecular flexibility index (Phi) is 10.3. The number of hydrogen-bond donors (Lipinski definition) is 0. The van der Waals surface area contributed by atoms with Crippen molar-refractivity contribution in [1.29, 1.82) is 0 Å². The van der Waals surface area contributed by atoms with Crippen molar-refractivity contribution in [3.05, 3.63) is 59.7 Å². The molecule has 1 heterocycles. The van der Waals surface area contributed by atoms with Crippen LogP contribution in [0.15, 0.2) is 48.5 Å². The van der Waals surface area contributed by atoms with Crippen molar-refractivity contribution in [3.8, 4) is 11.1 Å². The van der Waals surface area contributed by atoms with E-state index in [9.17, 15) is 0 Å². The van der Waals surface area contributed by atoms with Gasteiger partial charge in [-0.1, -0.05) is 106 Å². The fourth-order valence-electron chi connectivity index (χ4n) is 6.55. The second-order valence-corrected chi connectivity index (χ2v) is 14.1. The van der Waals surface area contributed by atoms with Crippen LogP contribution < -0.4 is 0 Å². The van der Waals surface area contributed by atoms with Crippen molar-refractivity contribution in [2.75, 3.05) is 13.7 Å². The largest absolute Gasteiger partial charge is 0.385 e. The molecule has 34 heavy (non-hydrogen) atoms. The summed E-state index contributed by atoms with van der Waals surface area (Å²) in [5, 5.41) is 0. The maximum atomic E-state index is 5.17. The zero-order valence-electron chi connectivity index (χ0n) is 21.9. The summed E-state index contributed by atoms with van der Waals surface area (Å²) in [6, 6.07) is 23.5. The van der Waals surface area contributed by atoms with E-state index in [4.69, 9.17) is 4.74 Å². The molecule has 1 saturated carbocycles. The van der Waals surface area contributed by atoms with Crippen molar-refractivity contribution in [2.24, 2.45) is 11.8 Å². The van der Waals surface area contributed by atoms with E-state index in [0.29, 0.717) is 0 Å². The minimum absolute atomic E-state index is 0.0164. The first-order valence-corrected chi connectivity index (χ1v) is 16.4. The Morgan fingerprint density at radius 1 is 0.735 bits per heavy atom. The molecule has 0 unspecified atom stereocenters. The number of unbranched alkanes of at least 4 members (excludes halogenated alkanes) is 2. The molecule has 1 saturated heterocycles. The average Bonchev–Trinajstić information content (AvgIpc) is 2.90. The summed E-state index contributed by atoms with van der Waals surface area (Å²) in [6.45, 7) is 3.18. The fourth-order valence-corrected chi connectivity index (χ4v) is 9.61. The van der Waals surface area contributed by atoms with Gasteiger partial charge in [-0.05, 0) is 78.5 Å². The summed E-state index contributed by atoms with van der Waals surface area (Å²) in [5.74, 6) is 2.86. The molecule has 1 nitrogen and oxygen atoms in total. The van der Waals surface area contributed by atoms with Crippen LogP contribution >= 0.6 is 0 Å². The predicted octanol–water partition coefficient (Wildman–Crippen LogP) is 9.30. The number of ether oxygens (including phenoxy) is 1. The molecule has 1 aliphatic carbocycles. The number of methoxy groups -OCH3 is 1. The van der Waals surface area contributed by atoms with Gasteiger partial charge in [0.25, 0.3) is 0 Å². The monoisotopic (exact) mass is 475 g/mol. The Morgan fingerprint density at radius 2 is 1.35 bits per heavy atom. The molecule has 0 atom stereocenters. The van der Waals surface area contributed by atoms with E-state index in [1.165, 1.54) is 61.6 Å². The van der Waals surface area contributed by atoms with Crippen molar-refractivity contribution in [3.63, 3.8) is 0 Å². The van der Waals surface area contributed by atoms with E-state index in [0.717, 1.165) is 37.2 Å². The number of benzene rings is 2. The summed E-state index contributed by atoms with van der Waals surface area (Å²) in [7, 11) is 1.79. The van der Waals surface area contributed by atoms with Crippen LogP contribution in [0.5, 0.6) is 0 Å². The van der Waals surface area contributed by atoms with E-state index in [2.05, 4.69) is 55.5 Å². The van der Waals surface area contributed by atoms with Crippen molar-refractivity contribution < 1.29 is 4.74 Å². The van der Waals surface area contributed by atoms with Gasteiger partial charge < -0.3 is 4.74 Å². The molecule has 0 N–H and O–H groups in total. The Bertz CT molecular complexity index is 811. The van der Waals surface area contributed by atoms with Crippen LogP contribution in [0.3, 0.4) is 0 Å². The van der Waals surface area contributed by atoms with Gasteiger partial charge in [-0.2, -0.15) is 0 Å². The summed E-state index contributed by atoms with van der Waals surface area (Å²) in [5.41, 5.74) is 5.66. The Labute approximate surface area is 211 Å². The molecule has 0 amide bonds. The highest BCUT2D eigenvalue weighted by molar-refractivity contribution is 6.58. The zero-order valence-corrected chi connectivity index (χ0v) is 22.9. The number of hydrogen-bond acceptors (Lipinski definition) is 1. The van der Waals surface area contributed by atoms with Gasteiger partial charge in [0.2, 0.25) is 0 Å². The molecule has 4 rings (SSSR count). The Morgan fingerprint density at radius 3 is 1.97 bits per heavy atom. The van der Waals surface area contributed by atoms with Crippen molar-refractivity contribution in [1.82, 2.24) is 0 Å². The zero-order chi connectivity index (χ0) is 23.6. The molecular weight excluding hydrogens is 428 g/mol. The Hall–Kier alpha value is -1.38. The van der Waals surface area contributed by atoms with Gasteiger partial charge in [0.15, 0.2) is 0 Å². The van der Waals surface area contributed by atoms with E-state index in [1.54, 1.807) is 43.6 Å². The summed E-state index contributed by atoms with van der Waals surface area (Å²) >= 11 is 0. The third-order valence-electron chi connectivity index (χ3n) is 8.79. The van der Waals surface area contributed by atoms with E-state index in [1.807, 2.05) is 0 Å². The third kappa shape index (κ3) is 7.31. The smallest absolute Gasteiger partial charge is 0.0479 e. The van der Waals surface area contributed by atoms with Gasteiger partial charge in [-0.3, -0.25) is 0 Å². The summed E-state index contributed by atoms with van der Waals surface area (Å²) in [6.07, 6.45) is 15.4. The molecule has 2 aliphatic rings. The highest BCUT2D eigenvalue weighted by Gasteiger charge is 2.31. The second-order valence-electron chi connectivity index (χ2n) is 11.1. The minimum Gasteiger partial charge on any atom is -0.385 e. The van der Waals surface area contributed by atoms with Gasteiger partial charge in [0.1, 0.15) is 0 Å². The molecular formula is C32H47OSi. The lowest BCUT2D eigenvalue weighted by Crippen LogP contribution is -2.28. The lowest BCUT2D eigenvalue weighted by molar-refractivity contribution is 0.195. The number of rotatable bonds is 11. The molecule has 2 aromatic rings. The van der Waals surface area contributed by atoms with Crippen LogP contribution in [0, 0.1) is 11.8 Å². The van der Waals surface area contributed by atoms with Crippen molar-refractivity contribution in [2.45, 2.75) is 102 Å². The first kappa shape index (κ1) is 25.7. The highest BCUT2D eigenvalue weighted by atomic mass is 28.3. The fraction of sp³-hybridized carbons (Fsp3) is 0.625. The van der Waals surface area contributed by atoms with Crippen LogP contribution in [-0.2, 0) is 11.2 Å². The summed E-state index contributed by atoms with van der Waals surface area (Å²) < 4.78 is 5.17. The topological polar surface area (TPSA) is 9.23 Å². The maximum Gasteiger partial charge on any atom is 0.0479 e. The summed E-state index contributed by atoms with van der Waals surface area (Å²) in [4.78, 5) is 0. The standard InChI is InChI=1S/C32H47OSi/c1-3-4-5-23-34-24-20-32(21-25-34)31-18-16-30(17-19-31)29-14-12-28(13-15-29)27-10-8-26(9-11-27)7-6-22-33-2/h8-15,30-32H,3-7,16-25H2,1-2H3. The van der Waals surface area contributed by atoms with Crippen LogP contribution in [0.4, 0.5) is 0 Å². The number of aryl methyl sites for hydroxylation is 1. The van der Waals surface area contributed by atoms with Gasteiger partial charge in [-0.15, -0.1) is 0 Å². The first-order chi connectivity index (χ1) is 16.8. The van der Waals surface area contributed by atoms with E-state index in [-0.39, 0.29) is 8.80 Å². The lowest BCUT2D eigenvalue weighted by Gasteiger charge is -2.37. The molecule has 0 aromatic heterocycles. The molecule has 2 aromatic carbocycles. The molecule has 185 valence electrons. The van der Waals surface area contributed by atoms with Gasteiger partial charge in [0.05, 0.1) is 0 Å². The molecule has 2 fully saturated rings. The minimum atomic E-state index is 0.0164. The molecule has 0 spiro atoms. The van der Waals surface area contributed by atoms with Gasteiger partial charge in [-0.25, -0.2) is 0 Å². The van der Waals surface area contributed by atoms with Crippen LogP contribution in [0.25, 0.3) is 11.1 Å². The maximum absolute atomic E-state index is 5.17. The normalized spacial score (nSPS) is 22.2. The molecule has 1 radical (unpaired) electrons. The van der Waals surface area contributed by atoms with Crippen molar-refractivity contribution >= 4 is 8.80 Å². The van der Waals surface area contributed by atoms with Gasteiger partial charge >= 0.3 is 0 Å². The molecule has 0 bridgehead atoms. The quantitative estimate of drug-likeness (QED) is 0.232. The van der Waals surface area contributed by atoms with Crippen LogP contribution in [0.1, 0.15) is 88.2 Å². The molecule has 2 heteroatoms. The van der Waals surface area contributed by atoms with Gasteiger partial charge in [0, 0.05) is 22.5 Å². The van der Waals surface area contributed by atoms with E-state index >= 15 is 0 Å².